The highest BCUT2D eigenvalue weighted by atomic mass is 16.5. The molecule has 176 valence electrons. The summed E-state index contributed by atoms with van der Waals surface area (Å²) in [5.41, 5.74) is 2.29. The predicted octanol–water partition coefficient (Wildman–Crippen LogP) is 3.38. The molecule has 4 heterocycles. The number of rotatable bonds is 6. The van der Waals surface area contributed by atoms with Crippen molar-refractivity contribution in [1.29, 1.82) is 0 Å². The molecule has 9 nitrogen and oxygen atoms in total. The molecule has 1 saturated heterocycles. The monoisotopic (exact) mass is 460 g/mol. The van der Waals surface area contributed by atoms with Crippen LogP contribution < -0.4 is 5.56 Å². The summed E-state index contributed by atoms with van der Waals surface area (Å²) >= 11 is 0. The van der Waals surface area contributed by atoms with Gasteiger partial charge in [-0.15, -0.1) is 0 Å². The number of aromatic nitrogens is 5. The maximum absolute atomic E-state index is 13.8. The number of H-pyrrole nitrogens is 1. The average Bonchev–Trinajstić information content (AvgIpc) is 3.47. The van der Waals surface area contributed by atoms with E-state index in [0.717, 1.165) is 23.9 Å². The van der Waals surface area contributed by atoms with Crippen molar-refractivity contribution in [1.82, 2.24) is 29.6 Å². The first-order chi connectivity index (χ1) is 16.4. The van der Waals surface area contributed by atoms with Gasteiger partial charge >= 0.3 is 0 Å². The molecule has 9 heteroatoms. The van der Waals surface area contributed by atoms with E-state index in [1.165, 1.54) is 0 Å². The number of para-hydroxylation sites is 1. The Morgan fingerprint density at radius 3 is 2.88 bits per heavy atom. The van der Waals surface area contributed by atoms with E-state index in [1.807, 2.05) is 37.6 Å². The number of carbonyl (C=O) groups excluding carboxylic acids is 1. The molecule has 0 radical (unpaired) electrons. The van der Waals surface area contributed by atoms with Gasteiger partial charge in [0.15, 0.2) is 5.65 Å². The molecule has 0 spiro atoms. The Balaban J connectivity index is 1.51. The van der Waals surface area contributed by atoms with Crippen LogP contribution in [0.1, 0.15) is 54.6 Å². The number of aryl methyl sites for hydroxylation is 1. The molecule has 4 aromatic rings. The summed E-state index contributed by atoms with van der Waals surface area (Å²) in [5, 5.41) is 5.77. The Labute approximate surface area is 196 Å². The van der Waals surface area contributed by atoms with Gasteiger partial charge in [-0.1, -0.05) is 12.1 Å². The van der Waals surface area contributed by atoms with E-state index in [-0.39, 0.29) is 30.2 Å². The summed E-state index contributed by atoms with van der Waals surface area (Å²) in [6, 6.07) is 9.20. The molecular formula is C25H28N6O3. The largest absolute Gasteiger partial charge is 0.376 e. The fourth-order valence-electron chi connectivity index (χ4n) is 4.47. The van der Waals surface area contributed by atoms with E-state index in [1.54, 1.807) is 29.3 Å². The number of hydrogen-bond acceptors (Lipinski definition) is 6. The van der Waals surface area contributed by atoms with Crippen LogP contribution in [0, 0.1) is 6.92 Å². The molecule has 3 aromatic heterocycles. The van der Waals surface area contributed by atoms with Gasteiger partial charge in [-0.2, -0.15) is 5.10 Å². The van der Waals surface area contributed by atoms with E-state index in [0.29, 0.717) is 41.1 Å². The van der Waals surface area contributed by atoms with Crippen LogP contribution in [0.4, 0.5) is 0 Å². The lowest BCUT2D eigenvalue weighted by Gasteiger charge is -2.25. The van der Waals surface area contributed by atoms with Crippen molar-refractivity contribution in [3.8, 4) is 0 Å². The van der Waals surface area contributed by atoms with Crippen molar-refractivity contribution >= 4 is 27.8 Å². The maximum Gasteiger partial charge on any atom is 0.258 e. The van der Waals surface area contributed by atoms with Gasteiger partial charge < -0.3 is 14.6 Å². The molecule has 0 aliphatic carbocycles. The number of hydrogen-bond donors (Lipinski definition) is 1. The smallest absolute Gasteiger partial charge is 0.258 e. The van der Waals surface area contributed by atoms with Gasteiger partial charge in [0.25, 0.3) is 11.5 Å². The summed E-state index contributed by atoms with van der Waals surface area (Å²) < 4.78 is 7.67. The van der Waals surface area contributed by atoms with E-state index in [2.05, 4.69) is 15.1 Å². The minimum Gasteiger partial charge on any atom is -0.376 e. The van der Waals surface area contributed by atoms with Gasteiger partial charge in [0.05, 0.1) is 41.0 Å². The van der Waals surface area contributed by atoms with Crippen molar-refractivity contribution in [3.63, 3.8) is 0 Å². The zero-order valence-electron chi connectivity index (χ0n) is 19.6. The number of benzene rings is 1. The lowest BCUT2D eigenvalue weighted by Crippen LogP contribution is -2.38. The molecule has 1 aliphatic heterocycles. The number of amides is 1. The second-order valence-corrected chi connectivity index (χ2v) is 9.07. The maximum atomic E-state index is 13.8. The first-order valence-corrected chi connectivity index (χ1v) is 11.6. The van der Waals surface area contributed by atoms with Gasteiger partial charge in [-0.05, 0) is 51.8 Å². The number of nitrogens with one attached hydrogen (secondary N) is 1. The average molecular weight is 461 g/mol. The fourth-order valence-corrected chi connectivity index (χ4v) is 4.47. The van der Waals surface area contributed by atoms with Crippen LogP contribution in [0.25, 0.3) is 21.9 Å². The number of pyridine rings is 1. The molecular weight excluding hydrogens is 432 g/mol. The van der Waals surface area contributed by atoms with Crippen LogP contribution >= 0.6 is 0 Å². The molecule has 1 aliphatic rings. The molecule has 0 saturated carbocycles. The summed E-state index contributed by atoms with van der Waals surface area (Å²) in [4.78, 5) is 40.2. The summed E-state index contributed by atoms with van der Waals surface area (Å²) in [5.74, 6) is 0.268. The molecule has 1 aromatic carbocycles. The molecule has 34 heavy (non-hydrogen) atoms. The summed E-state index contributed by atoms with van der Waals surface area (Å²) in [6.07, 6.45) is 3.56. The number of nitrogens with zero attached hydrogens (tertiary/aromatic N) is 5. The van der Waals surface area contributed by atoms with E-state index in [4.69, 9.17) is 9.72 Å². The van der Waals surface area contributed by atoms with Gasteiger partial charge in [0.2, 0.25) is 0 Å². The van der Waals surface area contributed by atoms with Crippen LogP contribution in [0.15, 0.2) is 41.3 Å². The Morgan fingerprint density at radius 2 is 2.12 bits per heavy atom. The van der Waals surface area contributed by atoms with Crippen molar-refractivity contribution in [3.05, 3.63) is 64.0 Å². The first-order valence-electron chi connectivity index (χ1n) is 11.6. The van der Waals surface area contributed by atoms with E-state index >= 15 is 0 Å². The second-order valence-electron chi connectivity index (χ2n) is 9.07. The molecule has 1 fully saturated rings. The van der Waals surface area contributed by atoms with Gasteiger partial charge in [-0.3, -0.25) is 9.59 Å². The number of carbonyl (C=O) groups is 1. The molecule has 0 bridgehead atoms. The molecule has 1 amide bonds. The zero-order chi connectivity index (χ0) is 23.8. The van der Waals surface area contributed by atoms with Crippen LogP contribution in [-0.4, -0.2) is 54.8 Å². The first kappa shape index (κ1) is 22.2. The Bertz CT molecular complexity index is 1420. The van der Waals surface area contributed by atoms with E-state index in [9.17, 15) is 9.59 Å². The SMILES string of the molecule is Cc1nc2c(cnn2C(C)C)cc1C(=O)N(Cc1nc2ccccc2c(=O)[nH]1)CC1CCCO1. The van der Waals surface area contributed by atoms with Crippen molar-refractivity contribution in [2.45, 2.75) is 52.3 Å². The molecule has 1 atom stereocenters. The second kappa shape index (κ2) is 8.98. The Kier molecular flexibility index (Phi) is 5.87. The minimum absolute atomic E-state index is 0.0446. The zero-order valence-corrected chi connectivity index (χ0v) is 19.6. The highest BCUT2D eigenvalue weighted by molar-refractivity contribution is 5.98. The van der Waals surface area contributed by atoms with Crippen molar-refractivity contribution in [2.75, 3.05) is 13.2 Å². The van der Waals surface area contributed by atoms with Gasteiger partial charge in [0, 0.05) is 24.6 Å². The molecule has 5 rings (SSSR count). The fraction of sp³-hybridized carbons (Fsp3) is 0.400. The van der Waals surface area contributed by atoms with Crippen LogP contribution in [0.5, 0.6) is 0 Å². The standard InChI is InChI=1S/C25H28N6O3/c1-15(2)31-23-17(12-26-31)11-20(16(3)27-23)25(33)30(13-18-7-6-10-34-18)14-22-28-21-9-5-4-8-19(21)24(32)29-22/h4-5,8-9,11-12,15,18H,6-7,10,13-14H2,1-3H3,(H,28,29,32). The normalized spacial score (nSPS) is 16.1. The number of fused-ring (bicyclic) bond motifs is 2. The Hall–Kier alpha value is -3.59. The van der Waals surface area contributed by atoms with E-state index < -0.39 is 0 Å². The topological polar surface area (TPSA) is 106 Å². The number of ether oxygens (including phenoxy) is 1. The number of aromatic amines is 1. The third-order valence-corrected chi connectivity index (χ3v) is 6.22. The lowest BCUT2D eigenvalue weighted by atomic mass is 10.1. The van der Waals surface area contributed by atoms with Gasteiger partial charge in [0.1, 0.15) is 5.82 Å². The predicted molar refractivity (Wildman–Crippen MR) is 129 cm³/mol. The summed E-state index contributed by atoms with van der Waals surface area (Å²) in [6.45, 7) is 7.20. The van der Waals surface area contributed by atoms with Gasteiger partial charge in [-0.25, -0.2) is 14.6 Å². The van der Waals surface area contributed by atoms with Crippen molar-refractivity contribution in [2.24, 2.45) is 0 Å². The van der Waals surface area contributed by atoms with Crippen LogP contribution in [0.2, 0.25) is 0 Å². The molecule has 1 unspecified atom stereocenters. The quantitative estimate of drug-likeness (QED) is 0.473. The van der Waals surface area contributed by atoms with Crippen LogP contribution in [0.3, 0.4) is 0 Å². The third-order valence-electron chi connectivity index (χ3n) is 6.22. The summed E-state index contributed by atoms with van der Waals surface area (Å²) in [7, 11) is 0. The lowest BCUT2D eigenvalue weighted by molar-refractivity contribution is 0.0500. The third kappa shape index (κ3) is 4.19. The van der Waals surface area contributed by atoms with Crippen LogP contribution in [-0.2, 0) is 11.3 Å². The minimum atomic E-state index is -0.217. The van der Waals surface area contributed by atoms with Crippen molar-refractivity contribution < 1.29 is 9.53 Å². The highest BCUT2D eigenvalue weighted by Crippen LogP contribution is 2.22. The highest BCUT2D eigenvalue weighted by Gasteiger charge is 2.26. The Morgan fingerprint density at radius 1 is 1.29 bits per heavy atom. The molecule has 1 N–H and O–H groups in total.